The van der Waals surface area contributed by atoms with Crippen molar-refractivity contribution in [1.82, 2.24) is 10.3 Å². The predicted molar refractivity (Wildman–Crippen MR) is 130 cm³/mol. The zero-order chi connectivity index (χ0) is 24.0. The second-order valence-corrected chi connectivity index (χ2v) is 8.88. The summed E-state index contributed by atoms with van der Waals surface area (Å²) in [7, 11) is 1.28. The number of amides is 3. The number of methoxy groups -OCH3 is 1. The normalized spacial score (nSPS) is 11.5. The van der Waals surface area contributed by atoms with Gasteiger partial charge in [-0.1, -0.05) is 43.6 Å². The van der Waals surface area contributed by atoms with Crippen molar-refractivity contribution in [1.29, 1.82) is 0 Å². The second kappa shape index (κ2) is 10.9. The number of anilines is 2. The molecule has 0 aliphatic heterocycles. The number of hydrogen-bond acceptors (Lipinski definition) is 6. The Hall–Kier alpha value is -3.43. The molecule has 33 heavy (non-hydrogen) atoms. The van der Waals surface area contributed by atoms with Crippen LogP contribution in [0, 0.1) is 5.92 Å². The maximum Gasteiger partial charge on any atom is 0.328 e. The van der Waals surface area contributed by atoms with Crippen LogP contribution in [0.2, 0.25) is 5.02 Å². The number of nitrogens with one attached hydrogen (secondary N) is 3. The number of hydrogen-bond donors (Lipinski definition) is 3. The number of thiazole rings is 1. The summed E-state index contributed by atoms with van der Waals surface area (Å²) in [5, 5.41) is 8.90. The molecule has 0 aliphatic carbocycles. The zero-order valence-electron chi connectivity index (χ0n) is 18.2. The highest BCUT2D eigenvalue weighted by Crippen LogP contribution is 2.27. The van der Waals surface area contributed by atoms with Crippen molar-refractivity contribution in [2.75, 3.05) is 17.7 Å². The first-order valence-corrected chi connectivity index (χ1v) is 11.2. The first-order valence-electron chi connectivity index (χ1n) is 10.1. The Bertz CT molecular complexity index is 1150. The van der Waals surface area contributed by atoms with Gasteiger partial charge < -0.3 is 20.7 Å². The van der Waals surface area contributed by atoms with Gasteiger partial charge in [-0.2, -0.15) is 0 Å². The minimum absolute atomic E-state index is 0.128. The number of carbonyl (C=O) groups is 3. The molecule has 3 aromatic rings. The molecule has 0 saturated carbocycles. The van der Waals surface area contributed by atoms with Gasteiger partial charge in [-0.05, 0) is 41.8 Å². The number of carbonyl (C=O) groups excluding carboxylic acids is 3. The highest BCUT2D eigenvalue weighted by molar-refractivity contribution is 7.17. The van der Waals surface area contributed by atoms with E-state index in [1.807, 2.05) is 26.0 Å². The SMILES string of the molecule is COC(=O)[C@@H](NC(=O)c1ncc(-c2ccc(NC(=O)Nc3cccc(Cl)c3)cc2)s1)C(C)C. The van der Waals surface area contributed by atoms with E-state index >= 15 is 0 Å². The number of rotatable bonds is 7. The number of aromatic nitrogens is 1. The van der Waals surface area contributed by atoms with E-state index in [-0.39, 0.29) is 10.9 Å². The lowest BCUT2D eigenvalue weighted by Crippen LogP contribution is -2.44. The molecule has 1 atom stereocenters. The van der Waals surface area contributed by atoms with Crippen LogP contribution in [0.5, 0.6) is 0 Å². The molecule has 0 bridgehead atoms. The van der Waals surface area contributed by atoms with Gasteiger partial charge in [0.2, 0.25) is 0 Å². The van der Waals surface area contributed by atoms with Gasteiger partial charge in [0.25, 0.3) is 5.91 Å². The molecule has 3 N–H and O–H groups in total. The van der Waals surface area contributed by atoms with Crippen molar-refractivity contribution in [3.8, 4) is 10.4 Å². The predicted octanol–water partition coefficient (Wildman–Crippen LogP) is 5.03. The molecule has 172 valence electrons. The molecule has 1 heterocycles. The first-order chi connectivity index (χ1) is 15.8. The van der Waals surface area contributed by atoms with Crippen LogP contribution in [0.4, 0.5) is 16.2 Å². The highest BCUT2D eigenvalue weighted by Gasteiger charge is 2.26. The van der Waals surface area contributed by atoms with Gasteiger partial charge in [0, 0.05) is 22.6 Å². The number of nitrogens with zero attached hydrogens (tertiary/aromatic N) is 1. The van der Waals surface area contributed by atoms with Crippen molar-refractivity contribution in [2.24, 2.45) is 5.92 Å². The Morgan fingerprint density at radius 1 is 1.03 bits per heavy atom. The quantitative estimate of drug-likeness (QED) is 0.405. The van der Waals surface area contributed by atoms with Crippen LogP contribution in [-0.2, 0) is 9.53 Å². The number of urea groups is 1. The minimum atomic E-state index is -0.752. The molecule has 3 rings (SSSR count). The molecular formula is C23H23ClN4O4S. The zero-order valence-corrected chi connectivity index (χ0v) is 19.8. The Morgan fingerprint density at radius 3 is 2.36 bits per heavy atom. The van der Waals surface area contributed by atoms with Crippen molar-refractivity contribution in [3.63, 3.8) is 0 Å². The summed E-state index contributed by atoms with van der Waals surface area (Å²) in [6, 6.07) is 12.8. The Kier molecular flexibility index (Phi) is 8.02. The molecule has 10 heteroatoms. The Morgan fingerprint density at radius 2 is 1.73 bits per heavy atom. The molecule has 0 saturated heterocycles. The number of ether oxygens (including phenoxy) is 1. The summed E-state index contributed by atoms with van der Waals surface area (Å²) in [6.07, 6.45) is 1.59. The van der Waals surface area contributed by atoms with Crippen LogP contribution >= 0.6 is 22.9 Å². The standard InChI is InChI=1S/C23H23ClN4O4S/c1-13(2)19(22(30)32-3)28-20(29)21-25-12-18(33-21)14-7-9-16(10-8-14)26-23(31)27-17-6-4-5-15(24)11-17/h4-13,19H,1-3H3,(H,28,29)(H2,26,27,31)/t19-/m0/s1. The molecule has 8 nitrogen and oxygen atoms in total. The third-order valence-corrected chi connectivity index (χ3v) is 5.90. The van der Waals surface area contributed by atoms with Crippen molar-refractivity contribution >= 4 is 52.2 Å². The fourth-order valence-corrected chi connectivity index (χ4v) is 3.93. The fourth-order valence-electron chi connectivity index (χ4n) is 2.92. The average Bonchev–Trinajstić information content (AvgIpc) is 3.27. The van der Waals surface area contributed by atoms with E-state index in [2.05, 4.69) is 20.9 Å². The summed E-state index contributed by atoms with van der Waals surface area (Å²) in [4.78, 5) is 41.5. The van der Waals surface area contributed by atoms with Crippen molar-refractivity contribution < 1.29 is 19.1 Å². The minimum Gasteiger partial charge on any atom is -0.467 e. The topological polar surface area (TPSA) is 109 Å². The Balaban J connectivity index is 1.62. The van der Waals surface area contributed by atoms with Gasteiger partial charge in [0.15, 0.2) is 5.01 Å². The van der Waals surface area contributed by atoms with E-state index in [0.717, 1.165) is 10.4 Å². The largest absolute Gasteiger partial charge is 0.467 e. The molecule has 0 unspecified atom stereocenters. The van der Waals surface area contributed by atoms with Gasteiger partial charge in [-0.25, -0.2) is 14.6 Å². The number of halogens is 1. The van der Waals surface area contributed by atoms with E-state index in [0.29, 0.717) is 16.4 Å². The van der Waals surface area contributed by atoms with Crippen LogP contribution in [0.1, 0.15) is 23.6 Å². The second-order valence-electron chi connectivity index (χ2n) is 7.41. The van der Waals surface area contributed by atoms with Crippen LogP contribution in [0.15, 0.2) is 54.7 Å². The Labute approximate surface area is 200 Å². The van der Waals surface area contributed by atoms with Gasteiger partial charge in [-0.3, -0.25) is 4.79 Å². The van der Waals surface area contributed by atoms with E-state index in [4.69, 9.17) is 16.3 Å². The maximum absolute atomic E-state index is 12.5. The van der Waals surface area contributed by atoms with Gasteiger partial charge in [0.1, 0.15) is 6.04 Å². The number of benzene rings is 2. The number of esters is 1. The van der Waals surface area contributed by atoms with E-state index < -0.39 is 23.9 Å². The van der Waals surface area contributed by atoms with Crippen LogP contribution in [0.3, 0.4) is 0 Å². The van der Waals surface area contributed by atoms with Crippen LogP contribution in [-0.4, -0.2) is 36.0 Å². The van der Waals surface area contributed by atoms with Gasteiger partial charge >= 0.3 is 12.0 Å². The van der Waals surface area contributed by atoms with E-state index in [1.165, 1.54) is 18.4 Å². The molecular weight excluding hydrogens is 464 g/mol. The third kappa shape index (κ3) is 6.53. The molecule has 1 aromatic heterocycles. The third-order valence-electron chi connectivity index (χ3n) is 4.62. The molecule has 3 amide bonds. The summed E-state index contributed by atoms with van der Waals surface area (Å²) < 4.78 is 4.75. The molecule has 0 radical (unpaired) electrons. The van der Waals surface area contributed by atoms with Crippen molar-refractivity contribution in [2.45, 2.75) is 19.9 Å². The summed E-state index contributed by atoms with van der Waals surface area (Å²) in [5.74, 6) is -1.07. The lowest BCUT2D eigenvalue weighted by molar-refractivity contribution is -0.144. The molecule has 0 fully saturated rings. The first kappa shape index (κ1) is 24.2. The lowest BCUT2D eigenvalue weighted by Gasteiger charge is -2.18. The van der Waals surface area contributed by atoms with Gasteiger partial charge in [0.05, 0.1) is 12.0 Å². The average molecular weight is 487 g/mol. The van der Waals surface area contributed by atoms with E-state index in [1.54, 1.807) is 42.6 Å². The smallest absolute Gasteiger partial charge is 0.328 e. The maximum atomic E-state index is 12.5. The summed E-state index contributed by atoms with van der Waals surface area (Å²) >= 11 is 7.13. The van der Waals surface area contributed by atoms with Crippen LogP contribution in [0.25, 0.3) is 10.4 Å². The summed E-state index contributed by atoms with van der Waals surface area (Å²) in [6.45, 7) is 3.64. The van der Waals surface area contributed by atoms with E-state index in [9.17, 15) is 14.4 Å². The summed E-state index contributed by atoms with van der Waals surface area (Å²) in [5.41, 5.74) is 2.01. The molecule has 0 aliphatic rings. The highest BCUT2D eigenvalue weighted by atomic mass is 35.5. The molecule has 0 spiro atoms. The van der Waals surface area contributed by atoms with Gasteiger partial charge in [-0.15, -0.1) is 11.3 Å². The fraction of sp³-hybridized carbons (Fsp3) is 0.217. The lowest BCUT2D eigenvalue weighted by atomic mass is 10.0. The molecule has 2 aromatic carbocycles. The monoisotopic (exact) mass is 486 g/mol. The van der Waals surface area contributed by atoms with Crippen LogP contribution < -0.4 is 16.0 Å². The van der Waals surface area contributed by atoms with Crippen molar-refractivity contribution in [3.05, 3.63) is 64.8 Å².